The molecular formula is C76H138Cl4F4P6+6. The summed E-state index contributed by atoms with van der Waals surface area (Å²) in [5.41, 5.74) is 7.55. The second-order valence-corrected chi connectivity index (χ2v) is 59.1. The molecule has 14 heteroatoms. The molecular weight excluding hydrogens is 1320 g/mol. The lowest BCUT2D eigenvalue weighted by molar-refractivity contribution is 0.234. The molecule has 3 aromatic rings. The predicted molar refractivity (Wildman–Crippen MR) is 424 cm³/mol. The van der Waals surface area contributed by atoms with Gasteiger partial charge in [-0.25, -0.2) is 0 Å². The Morgan fingerprint density at radius 1 is 0.322 bits per heavy atom. The van der Waals surface area contributed by atoms with E-state index in [0.29, 0.717) is 23.7 Å². The lowest BCUT2D eigenvalue weighted by Gasteiger charge is -2.34. The molecule has 0 bridgehead atoms. The van der Waals surface area contributed by atoms with Crippen LogP contribution in [-0.2, 0) is 18.5 Å². The standard InChI is InChI=1S/C16H34P.C16H28P.C11H22Cl2P.C11H16Cl2P.C11H22F2P.C11H16F2P/c2*1-6-17(7-2,8-3)13-15-9-11-16(12-10-15)14(4)5;4*1-9(2)11-6-4-10(5-7-11)8-14(3,12)13/h14-16H,6-13H2,1-5H3;9-12,14H,6-8,13H2,1-5H3;9-11H,4-8H2,1-3H3;4-7,9H,8H2,1-3H3;9-11H,4-8H2,1-3H3;4-7,9H,8H2,1-3H3/q6*+1. The van der Waals surface area contributed by atoms with Crippen molar-refractivity contribution in [2.75, 3.05) is 82.1 Å². The Morgan fingerprint density at radius 2 is 0.578 bits per heavy atom. The number of halogens is 8. The van der Waals surface area contributed by atoms with E-state index in [0.717, 1.165) is 91.4 Å². The van der Waals surface area contributed by atoms with Gasteiger partial charge >= 0.3 is 15.8 Å². The van der Waals surface area contributed by atoms with Crippen LogP contribution in [0.15, 0.2) is 72.8 Å². The highest BCUT2D eigenvalue weighted by molar-refractivity contribution is 8.17. The first-order valence-electron chi connectivity index (χ1n) is 35.6. The van der Waals surface area contributed by atoms with E-state index >= 15 is 0 Å². The molecule has 0 spiro atoms. The van der Waals surface area contributed by atoms with E-state index in [1.165, 1.54) is 130 Å². The van der Waals surface area contributed by atoms with Gasteiger partial charge in [0.1, 0.15) is 76.8 Å². The van der Waals surface area contributed by atoms with Crippen LogP contribution in [0.5, 0.6) is 0 Å². The topological polar surface area (TPSA) is 0 Å². The first-order chi connectivity index (χ1) is 41.7. The molecule has 0 N–H and O–H groups in total. The van der Waals surface area contributed by atoms with E-state index in [9.17, 15) is 16.8 Å². The average Bonchev–Trinajstić information content (AvgIpc) is 3.64. The van der Waals surface area contributed by atoms with Gasteiger partial charge in [-0.3, -0.25) is 0 Å². The van der Waals surface area contributed by atoms with Crippen molar-refractivity contribution < 1.29 is 16.8 Å². The summed E-state index contributed by atoms with van der Waals surface area (Å²) in [5, 5.41) is 0. The summed E-state index contributed by atoms with van der Waals surface area (Å²) in [6.07, 6.45) is 29.6. The molecule has 0 atom stereocenters. The zero-order chi connectivity index (χ0) is 68.8. The van der Waals surface area contributed by atoms with Gasteiger partial charge < -0.3 is 0 Å². The van der Waals surface area contributed by atoms with Crippen molar-refractivity contribution in [2.45, 2.75) is 238 Å². The fourth-order valence-electron chi connectivity index (χ4n) is 13.7. The maximum absolute atomic E-state index is 12.9. The van der Waals surface area contributed by atoms with Gasteiger partial charge in [-0.15, -0.1) is 0 Å². The fraction of sp³-hybridized carbons (Fsp3) is 0.763. The van der Waals surface area contributed by atoms with Crippen molar-refractivity contribution in [3.05, 3.63) is 106 Å². The molecule has 3 fully saturated rings. The Labute approximate surface area is 579 Å². The van der Waals surface area contributed by atoms with Gasteiger partial charge in [0.15, 0.2) is 0 Å². The van der Waals surface area contributed by atoms with Gasteiger partial charge in [-0.2, -0.15) is 0 Å². The first kappa shape index (κ1) is 89.1. The molecule has 3 aliphatic carbocycles. The van der Waals surface area contributed by atoms with Gasteiger partial charge in [-0.1, -0.05) is 156 Å². The van der Waals surface area contributed by atoms with Crippen molar-refractivity contribution in [1.82, 2.24) is 0 Å². The van der Waals surface area contributed by atoms with Gasteiger partial charge in [0.25, 0.3) is 0 Å². The monoisotopic (exact) mass is 1450 g/mol. The van der Waals surface area contributed by atoms with Crippen LogP contribution in [-0.4, -0.2) is 82.1 Å². The summed E-state index contributed by atoms with van der Waals surface area (Å²) in [6.45, 7) is 47.7. The zero-order valence-corrected chi connectivity index (χ0v) is 69.9. The van der Waals surface area contributed by atoms with E-state index in [1.54, 1.807) is 11.7 Å². The highest BCUT2D eigenvalue weighted by Crippen LogP contribution is 2.69. The van der Waals surface area contributed by atoms with Gasteiger partial charge in [0.05, 0.1) is 68.8 Å². The summed E-state index contributed by atoms with van der Waals surface area (Å²) in [7, 11) is -8.45. The van der Waals surface area contributed by atoms with Gasteiger partial charge in [0.2, 0.25) is 11.9 Å². The number of benzene rings is 3. The Hall–Kier alpha value is 1.12. The second-order valence-electron chi connectivity index (χ2n) is 30.2. The minimum Gasteiger partial charge on any atom is -0.0625 e. The normalized spacial score (nSPS) is 20.3. The highest BCUT2D eigenvalue weighted by atomic mass is 35.9. The van der Waals surface area contributed by atoms with Crippen molar-refractivity contribution in [2.24, 2.45) is 53.3 Å². The van der Waals surface area contributed by atoms with Crippen LogP contribution in [0.1, 0.15) is 253 Å². The summed E-state index contributed by atoms with van der Waals surface area (Å²) >= 11 is 24.4. The lowest BCUT2D eigenvalue weighted by atomic mass is 9.77. The zero-order valence-electron chi connectivity index (χ0n) is 61.5. The third-order valence-electron chi connectivity index (χ3n) is 20.7. The van der Waals surface area contributed by atoms with Crippen LogP contribution >= 0.6 is 87.2 Å². The van der Waals surface area contributed by atoms with E-state index < -0.39 is 42.2 Å². The highest BCUT2D eigenvalue weighted by Gasteiger charge is 2.40. The van der Waals surface area contributed by atoms with E-state index in [1.807, 2.05) is 37.6 Å². The van der Waals surface area contributed by atoms with Crippen molar-refractivity contribution in [1.29, 1.82) is 0 Å². The predicted octanol–water partition coefficient (Wildman–Crippen LogP) is 31.2. The van der Waals surface area contributed by atoms with Crippen molar-refractivity contribution in [3.63, 3.8) is 0 Å². The van der Waals surface area contributed by atoms with Crippen LogP contribution < -0.4 is 0 Å². The molecule has 90 heavy (non-hydrogen) atoms. The Balaban J connectivity index is 0.000000541. The van der Waals surface area contributed by atoms with Crippen LogP contribution in [0.25, 0.3) is 0 Å². The molecule has 0 heterocycles. The van der Waals surface area contributed by atoms with E-state index in [-0.39, 0.29) is 12.3 Å². The molecule has 0 radical (unpaired) electrons. The van der Waals surface area contributed by atoms with Crippen LogP contribution in [0.3, 0.4) is 0 Å². The minimum absolute atomic E-state index is 0.0641. The van der Waals surface area contributed by atoms with Crippen LogP contribution in [0, 0.1) is 53.3 Å². The number of hydrogen-bond donors (Lipinski definition) is 0. The van der Waals surface area contributed by atoms with Crippen LogP contribution in [0.2, 0.25) is 0 Å². The smallest absolute Gasteiger partial charge is 0.0625 e. The van der Waals surface area contributed by atoms with Gasteiger partial charge in [-0.05, 0) is 240 Å². The molecule has 3 aromatic carbocycles. The summed E-state index contributed by atoms with van der Waals surface area (Å²) in [4.78, 5) is 0. The minimum atomic E-state index is -3.68. The van der Waals surface area contributed by atoms with Crippen LogP contribution in [0.4, 0.5) is 16.8 Å². The quantitative estimate of drug-likeness (QED) is 0.0619. The van der Waals surface area contributed by atoms with Gasteiger partial charge in [0, 0.05) is 14.5 Å². The number of rotatable bonds is 24. The molecule has 0 unspecified atom stereocenters. The molecule has 0 nitrogen and oxygen atoms in total. The Morgan fingerprint density at radius 3 is 0.800 bits per heavy atom. The largest absolute Gasteiger partial charge is 0.389 e. The SMILES string of the molecule is CC(C)C1CCC(C[P+](C)(Cl)Cl)CC1.CC(C)C1CCC(C[P+](C)(F)F)CC1.CC(C)c1ccc(C[P+](C)(Cl)Cl)cc1.CC(C)c1ccc(C[P+](C)(F)F)cc1.CC[P+](CC)(CC)CC1CCC(C(C)C)CC1.CC[P+](CC)(CC)Cc1ccc(C(C)C)cc1. The summed E-state index contributed by atoms with van der Waals surface area (Å²) < 4.78 is 51.3. The maximum atomic E-state index is 12.9. The Bertz CT molecular complexity index is 2140. The third kappa shape index (κ3) is 39.1. The van der Waals surface area contributed by atoms with E-state index in [2.05, 4.69) is 173 Å². The average molecular weight is 1460 g/mol. The molecule has 0 aromatic heterocycles. The second kappa shape index (κ2) is 44.3. The number of hydrogen-bond acceptors (Lipinski definition) is 0. The summed E-state index contributed by atoms with van der Waals surface area (Å²) in [6, 6.07) is 25.4. The molecule has 6 rings (SSSR count). The fourth-order valence-corrected chi connectivity index (χ4v) is 26.5. The summed E-state index contributed by atoms with van der Waals surface area (Å²) in [5.74, 6) is 5.83. The van der Waals surface area contributed by atoms with E-state index in [4.69, 9.17) is 45.0 Å². The van der Waals surface area contributed by atoms with Crippen molar-refractivity contribution >= 4 is 87.2 Å². The third-order valence-corrected chi connectivity index (χ3v) is 36.8. The Kier molecular flexibility index (Phi) is 43.9. The molecule has 522 valence electrons. The molecule has 3 saturated carbocycles. The molecule has 3 aliphatic rings. The first-order valence-corrected chi connectivity index (χ1v) is 53.5. The van der Waals surface area contributed by atoms with Crippen molar-refractivity contribution in [3.8, 4) is 0 Å². The lowest BCUT2D eigenvalue weighted by Crippen LogP contribution is -2.23. The molecule has 0 aliphatic heterocycles. The maximum Gasteiger partial charge on any atom is 0.389 e. The molecule has 0 saturated heterocycles. The molecule has 0 amide bonds.